The maximum atomic E-state index is 11.9. The van der Waals surface area contributed by atoms with Crippen molar-refractivity contribution in [2.75, 3.05) is 11.4 Å². The highest BCUT2D eigenvalue weighted by molar-refractivity contribution is 7.09. The van der Waals surface area contributed by atoms with E-state index in [9.17, 15) is 9.59 Å². The molecule has 1 aliphatic rings. The van der Waals surface area contributed by atoms with Crippen LogP contribution in [0.1, 0.15) is 23.3 Å². The standard InChI is InChI=1S/C17H18N2O2S/c20-16(18-12-15-3-2-10-22-15)11-13-5-7-14(8-6-13)19-9-1-4-17(19)21/h2-3,5-8,10H,1,4,9,11-12H2,(H,18,20). The van der Waals surface area contributed by atoms with Gasteiger partial charge in [-0.2, -0.15) is 0 Å². The number of hydrogen-bond donors (Lipinski definition) is 1. The number of anilines is 1. The zero-order valence-corrected chi connectivity index (χ0v) is 13.1. The topological polar surface area (TPSA) is 49.4 Å². The lowest BCUT2D eigenvalue weighted by Gasteiger charge is -2.15. The summed E-state index contributed by atoms with van der Waals surface area (Å²) in [4.78, 5) is 26.6. The van der Waals surface area contributed by atoms with Crippen molar-refractivity contribution in [2.24, 2.45) is 0 Å². The first kappa shape index (κ1) is 14.8. The Labute approximate surface area is 133 Å². The lowest BCUT2D eigenvalue weighted by Crippen LogP contribution is -2.25. The Bertz CT molecular complexity index is 650. The maximum Gasteiger partial charge on any atom is 0.227 e. The fraction of sp³-hybridized carbons (Fsp3) is 0.294. The van der Waals surface area contributed by atoms with Crippen LogP contribution >= 0.6 is 11.3 Å². The highest BCUT2D eigenvalue weighted by atomic mass is 32.1. The van der Waals surface area contributed by atoms with Gasteiger partial charge in [-0.1, -0.05) is 18.2 Å². The van der Waals surface area contributed by atoms with Gasteiger partial charge >= 0.3 is 0 Å². The quantitative estimate of drug-likeness (QED) is 0.922. The summed E-state index contributed by atoms with van der Waals surface area (Å²) in [5.74, 6) is 0.194. The van der Waals surface area contributed by atoms with Crippen LogP contribution in [0.3, 0.4) is 0 Å². The number of amides is 2. The molecule has 1 aromatic carbocycles. The van der Waals surface area contributed by atoms with E-state index >= 15 is 0 Å². The number of thiophene rings is 1. The number of nitrogens with zero attached hydrogens (tertiary/aromatic N) is 1. The van der Waals surface area contributed by atoms with Crippen molar-refractivity contribution in [1.29, 1.82) is 0 Å². The molecule has 0 radical (unpaired) electrons. The van der Waals surface area contributed by atoms with Crippen LogP contribution in [0.2, 0.25) is 0 Å². The van der Waals surface area contributed by atoms with Gasteiger partial charge in [0, 0.05) is 23.5 Å². The molecule has 1 N–H and O–H groups in total. The molecule has 1 aliphatic heterocycles. The van der Waals surface area contributed by atoms with E-state index < -0.39 is 0 Å². The Morgan fingerprint density at radius 1 is 1.23 bits per heavy atom. The van der Waals surface area contributed by atoms with Crippen LogP contribution < -0.4 is 10.2 Å². The highest BCUT2D eigenvalue weighted by Crippen LogP contribution is 2.21. The molecule has 1 saturated heterocycles. The fourth-order valence-corrected chi connectivity index (χ4v) is 3.21. The lowest BCUT2D eigenvalue weighted by atomic mass is 10.1. The molecule has 1 aromatic heterocycles. The number of nitrogens with one attached hydrogen (secondary N) is 1. The second kappa shape index (κ2) is 6.75. The minimum atomic E-state index is 0.0124. The molecular weight excluding hydrogens is 296 g/mol. The van der Waals surface area contributed by atoms with Crippen LogP contribution in [0.15, 0.2) is 41.8 Å². The van der Waals surface area contributed by atoms with Gasteiger partial charge in [-0.25, -0.2) is 0 Å². The van der Waals surface area contributed by atoms with E-state index in [1.54, 1.807) is 16.2 Å². The highest BCUT2D eigenvalue weighted by Gasteiger charge is 2.21. The van der Waals surface area contributed by atoms with E-state index in [0.717, 1.165) is 29.1 Å². The van der Waals surface area contributed by atoms with Crippen LogP contribution in [0.4, 0.5) is 5.69 Å². The van der Waals surface area contributed by atoms with E-state index in [1.165, 1.54) is 0 Å². The van der Waals surface area contributed by atoms with Gasteiger partial charge in [0.2, 0.25) is 11.8 Å². The first-order valence-electron chi connectivity index (χ1n) is 7.41. The first-order valence-corrected chi connectivity index (χ1v) is 8.29. The molecule has 2 amide bonds. The molecular formula is C17H18N2O2S. The van der Waals surface area contributed by atoms with Crippen molar-refractivity contribution >= 4 is 28.8 Å². The molecule has 0 spiro atoms. The predicted molar refractivity (Wildman–Crippen MR) is 87.9 cm³/mol. The van der Waals surface area contributed by atoms with E-state index in [2.05, 4.69) is 5.32 Å². The van der Waals surface area contributed by atoms with E-state index in [1.807, 2.05) is 41.8 Å². The predicted octanol–water partition coefficient (Wildman–Crippen LogP) is 2.73. The summed E-state index contributed by atoms with van der Waals surface area (Å²) in [5, 5.41) is 4.92. The lowest BCUT2D eigenvalue weighted by molar-refractivity contribution is -0.120. The first-order chi connectivity index (χ1) is 10.7. The zero-order valence-electron chi connectivity index (χ0n) is 12.2. The molecule has 5 heteroatoms. The summed E-state index contributed by atoms with van der Waals surface area (Å²) < 4.78 is 0. The summed E-state index contributed by atoms with van der Waals surface area (Å²) in [6.45, 7) is 1.37. The number of benzene rings is 1. The van der Waals surface area contributed by atoms with Gasteiger partial charge < -0.3 is 10.2 Å². The van der Waals surface area contributed by atoms with Crippen molar-refractivity contribution in [3.63, 3.8) is 0 Å². The van der Waals surface area contributed by atoms with Gasteiger partial charge in [0.1, 0.15) is 0 Å². The monoisotopic (exact) mass is 314 g/mol. The third kappa shape index (κ3) is 3.54. The fourth-order valence-electron chi connectivity index (χ4n) is 2.56. The van der Waals surface area contributed by atoms with E-state index in [4.69, 9.17) is 0 Å². The molecule has 0 unspecified atom stereocenters. The van der Waals surface area contributed by atoms with Gasteiger partial charge in [0.05, 0.1) is 13.0 Å². The zero-order chi connectivity index (χ0) is 15.4. The summed E-state index contributed by atoms with van der Waals surface area (Å²) >= 11 is 1.64. The van der Waals surface area contributed by atoms with Crippen LogP contribution in [0.25, 0.3) is 0 Å². The van der Waals surface area contributed by atoms with Gasteiger partial charge in [-0.15, -0.1) is 11.3 Å². The number of carbonyl (C=O) groups is 2. The molecule has 22 heavy (non-hydrogen) atoms. The maximum absolute atomic E-state index is 11.9. The van der Waals surface area contributed by atoms with Crippen molar-refractivity contribution in [3.8, 4) is 0 Å². The van der Waals surface area contributed by atoms with Gasteiger partial charge in [-0.05, 0) is 35.6 Å². The molecule has 114 valence electrons. The molecule has 0 bridgehead atoms. The number of carbonyl (C=O) groups excluding carboxylic acids is 2. The molecule has 4 nitrogen and oxygen atoms in total. The second-order valence-corrected chi connectivity index (χ2v) is 6.38. The normalized spacial score (nSPS) is 14.4. The molecule has 2 heterocycles. The summed E-state index contributed by atoms with van der Waals surface area (Å²) in [6, 6.07) is 11.7. The van der Waals surface area contributed by atoms with Crippen LogP contribution in [0, 0.1) is 0 Å². The SMILES string of the molecule is O=C(Cc1ccc(N2CCCC2=O)cc1)NCc1cccs1. The van der Waals surface area contributed by atoms with Crippen LogP contribution in [-0.2, 0) is 22.6 Å². The third-order valence-electron chi connectivity index (χ3n) is 3.73. The average molecular weight is 314 g/mol. The Morgan fingerprint density at radius 2 is 2.05 bits per heavy atom. The summed E-state index contributed by atoms with van der Waals surface area (Å²) in [5.41, 5.74) is 1.88. The Kier molecular flexibility index (Phi) is 4.53. The van der Waals surface area contributed by atoms with Crippen LogP contribution in [0.5, 0.6) is 0 Å². The van der Waals surface area contributed by atoms with Crippen molar-refractivity contribution < 1.29 is 9.59 Å². The minimum absolute atomic E-state index is 0.0124. The third-order valence-corrected chi connectivity index (χ3v) is 4.60. The summed E-state index contributed by atoms with van der Waals surface area (Å²) in [6.07, 6.45) is 1.91. The minimum Gasteiger partial charge on any atom is -0.351 e. The van der Waals surface area contributed by atoms with Crippen molar-refractivity contribution in [3.05, 3.63) is 52.2 Å². The van der Waals surface area contributed by atoms with E-state index in [0.29, 0.717) is 19.4 Å². The molecule has 2 aromatic rings. The Morgan fingerprint density at radius 3 is 2.68 bits per heavy atom. The van der Waals surface area contributed by atoms with Gasteiger partial charge in [-0.3, -0.25) is 9.59 Å². The molecule has 1 fully saturated rings. The number of rotatable bonds is 5. The molecule has 0 saturated carbocycles. The van der Waals surface area contributed by atoms with Gasteiger partial charge in [0.25, 0.3) is 0 Å². The smallest absolute Gasteiger partial charge is 0.227 e. The Hall–Kier alpha value is -2.14. The largest absolute Gasteiger partial charge is 0.351 e. The van der Waals surface area contributed by atoms with Crippen molar-refractivity contribution in [2.45, 2.75) is 25.8 Å². The molecule has 0 aliphatic carbocycles. The molecule has 3 rings (SSSR count). The van der Waals surface area contributed by atoms with Crippen molar-refractivity contribution in [1.82, 2.24) is 5.32 Å². The molecule has 0 atom stereocenters. The van der Waals surface area contributed by atoms with Crippen LogP contribution in [-0.4, -0.2) is 18.4 Å². The van der Waals surface area contributed by atoms with E-state index in [-0.39, 0.29) is 11.8 Å². The average Bonchev–Trinajstić information content (AvgIpc) is 3.17. The summed E-state index contributed by atoms with van der Waals surface area (Å²) in [7, 11) is 0. The second-order valence-electron chi connectivity index (χ2n) is 5.35. The number of hydrogen-bond acceptors (Lipinski definition) is 3. The van der Waals surface area contributed by atoms with Gasteiger partial charge in [0.15, 0.2) is 0 Å². The Balaban J connectivity index is 1.54.